The van der Waals surface area contributed by atoms with Gasteiger partial charge in [-0.15, -0.1) is 0 Å². The van der Waals surface area contributed by atoms with Gasteiger partial charge in [0.1, 0.15) is 5.82 Å². The number of halogens is 2. The fraction of sp³-hybridized carbons (Fsp3) is 0.500. The summed E-state index contributed by atoms with van der Waals surface area (Å²) in [5.41, 5.74) is 8.21. The zero-order valence-electron chi connectivity index (χ0n) is 8.98. The Balaban J connectivity index is 2.60. The molecule has 0 bridgehead atoms. The number of benzene rings is 1. The summed E-state index contributed by atoms with van der Waals surface area (Å²) >= 11 is 5.88. The Labute approximate surface area is 94.4 Å². The molecule has 0 radical (unpaired) electrons. The quantitative estimate of drug-likeness (QED) is 0.758. The average Bonchev–Trinajstić information content (AvgIpc) is 2.95. The second kappa shape index (κ2) is 3.67. The average molecular weight is 228 g/mol. The highest BCUT2D eigenvalue weighted by molar-refractivity contribution is 6.31. The molecule has 1 aliphatic rings. The first kappa shape index (κ1) is 10.7. The molecule has 0 saturated heterocycles. The van der Waals surface area contributed by atoms with Crippen molar-refractivity contribution in [3.63, 3.8) is 0 Å². The number of anilines is 1. The molecular formula is C12H15ClFN. The Morgan fingerprint density at radius 3 is 2.53 bits per heavy atom. The van der Waals surface area contributed by atoms with Gasteiger partial charge in [-0.3, -0.25) is 0 Å². The molecule has 0 aliphatic heterocycles. The largest absolute Gasteiger partial charge is 0.398 e. The molecule has 1 nitrogen and oxygen atoms in total. The molecule has 1 aromatic carbocycles. The van der Waals surface area contributed by atoms with Gasteiger partial charge in [0.15, 0.2) is 0 Å². The summed E-state index contributed by atoms with van der Waals surface area (Å²) in [6.07, 6.45) is 2.05. The lowest BCUT2D eigenvalue weighted by atomic mass is 9.95. The van der Waals surface area contributed by atoms with Crippen LogP contribution in [-0.4, -0.2) is 0 Å². The number of nitrogens with two attached hydrogens (primary N) is 1. The molecule has 1 saturated carbocycles. The zero-order chi connectivity index (χ0) is 11.2. The lowest BCUT2D eigenvalue weighted by Crippen LogP contribution is -2.04. The lowest BCUT2D eigenvalue weighted by molar-refractivity contribution is 0.610. The monoisotopic (exact) mass is 227 g/mol. The lowest BCUT2D eigenvalue weighted by Gasteiger charge is -2.15. The Morgan fingerprint density at radius 1 is 1.47 bits per heavy atom. The predicted octanol–water partition coefficient (Wildman–Crippen LogP) is 4.06. The van der Waals surface area contributed by atoms with Gasteiger partial charge in [-0.2, -0.15) is 0 Å². The van der Waals surface area contributed by atoms with Crippen molar-refractivity contribution in [2.24, 2.45) is 0 Å². The minimum atomic E-state index is -0.318. The van der Waals surface area contributed by atoms with Crippen molar-refractivity contribution in [2.45, 2.75) is 38.5 Å². The SMILES string of the molecule is CC(C)c1cc(Cl)c(F)c(C2CC2)c1N. The second-order valence-corrected chi connectivity index (χ2v) is 4.93. The molecule has 0 heterocycles. The van der Waals surface area contributed by atoms with E-state index in [9.17, 15) is 4.39 Å². The molecule has 1 fully saturated rings. The molecule has 1 aliphatic carbocycles. The summed E-state index contributed by atoms with van der Waals surface area (Å²) in [5, 5.41) is 0.204. The van der Waals surface area contributed by atoms with Crippen molar-refractivity contribution in [1.29, 1.82) is 0 Å². The van der Waals surface area contributed by atoms with Crippen molar-refractivity contribution in [2.75, 3.05) is 5.73 Å². The van der Waals surface area contributed by atoms with E-state index in [4.69, 9.17) is 17.3 Å². The van der Waals surface area contributed by atoms with Crippen molar-refractivity contribution in [1.82, 2.24) is 0 Å². The van der Waals surface area contributed by atoms with Crippen LogP contribution < -0.4 is 5.73 Å². The number of hydrogen-bond donors (Lipinski definition) is 1. The molecule has 2 N–H and O–H groups in total. The minimum Gasteiger partial charge on any atom is -0.398 e. The third-order valence-corrected chi connectivity index (χ3v) is 3.21. The van der Waals surface area contributed by atoms with E-state index in [0.29, 0.717) is 17.2 Å². The summed E-state index contributed by atoms with van der Waals surface area (Å²) in [6.45, 7) is 4.08. The van der Waals surface area contributed by atoms with Crippen LogP contribution in [0, 0.1) is 5.82 Å². The summed E-state index contributed by atoms with van der Waals surface area (Å²) < 4.78 is 13.8. The molecule has 2 rings (SSSR count). The fourth-order valence-corrected chi connectivity index (χ4v) is 2.15. The van der Waals surface area contributed by atoms with Crippen LogP contribution in [0.25, 0.3) is 0 Å². The molecule has 0 unspecified atom stereocenters. The predicted molar refractivity (Wildman–Crippen MR) is 61.9 cm³/mol. The summed E-state index contributed by atoms with van der Waals surface area (Å²) in [7, 11) is 0. The van der Waals surface area contributed by atoms with Crippen LogP contribution in [0.2, 0.25) is 5.02 Å². The van der Waals surface area contributed by atoms with E-state index in [-0.39, 0.29) is 16.8 Å². The minimum absolute atomic E-state index is 0.204. The topological polar surface area (TPSA) is 26.0 Å². The Bertz CT molecular complexity index is 397. The van der Waals surface area contributed by atoms with Gasteiger partial charge in [0.25, 0.3) is 0 Å². The molecule has 82 valence electrons. The summed E-state index contributed by atoms with van der Waals surface area (Å²) in [4.78, 5) is 0. The first-order valence-electron chi connectivity index (χ1n) is 5.29. The molecule has 0 atom stereocenters. The third-order valence-electron chi connectivity index (χ3n) is 2.94. The third kappa shape index (κ3) is 1.83. The van der Waals surface area contributed by atoms with Crippen LogP contribution in [0.5, 0.6) is 0 Å². The molecule has 15 heavy (non-hydrogen) atoms. The van der Waals surface area contributed by atoms with E-state index in [1.165, 1.54) is 0 Å². The maximum absolute atomic E-state index is 13.8. The van der Waals surface area contributed by atoms with Gasteiger partial charge >= 0.3 is 0 Å². The van der Waals surface area contributed by atoms with Crippen LogP contribution >= 0.6 is 11.6 Å². The normalized spacial score (nSPS) is 16.1. The number of rotatable bonds is 2. The molecule has 0 aromatic heterocycles. The van der Waals surface area contributed by atoms with E-state index < -0.39 is 0 Å². The summed E-state index contributed by atoms with van der Waals surface area (Å²) in [6, 6.07) is 1.66. The highest BCUT2D eigenvalue weighted by Gasteiger charge is 2.31. The number of hydrogen-bond acceptors (Lipinski definition) is 1. The second-order valence-electron chi connectivity index (χ2n) is 4.52. The van der Waals surface area contributed by atoms with E-state index in [2.05, 4.69) is 0 Å². The van der Waals surface area contributed by atoms with Gasteiger partial charge in [0, 0.05) is 11.3 Å². The van der Waals surface area contributed by atoms with E-state index in [1.807, 2.05) is 13.8 Å². The van der Waals surface area contributed by atoms with Crippen LogP contribution in [0.15, 0.2) is 6.07 Å². The van der Waals surface area contributed by atoms with Crippen molar-refractivity contribution in [3.05, 3.63) is 28.0 Å². The van der Waals surface area contributed by atoms with Gasteiger partial charge in [-0.1, -0.05) is 25.4 Å². The summed E-state index contributed by atoms with van der Waals surface area (Å²) in [5.74, 6) is 0.253. The zero-order valence-corrected chi connectivity index (χ0v) is 9.74. The van der Waals surface area contributed by atoms with E-state index >= 15 is 0 Å². The molecule has 0 spiro atoms. The van der Waals surface area contributed by atoms with Crippen molar-refractivity contribution < 1.29 is 4.39 Å². The standard InChI is InChI=1S/C12H15ClFN/c1-6(2)8-5-9(13)11(14)10(12(8)15)7-3-4-7/h5-7H,3-4,15H2,1-2H3. The highest BCUT2D eigenvalue weighted by atomic mass is 35.5. The van der Waals surface area contributed by atoms with Crippen molar-refractivity contribution in [3.8, 4) is 0 Å². The van der Waals surface area contributed by atoms with Gasteiger partial charge in [-0.25, -0.2) is 4.39 Å². The van der Waals surface area contributed by atoms with Gasteiger partial charge in [0.2, 0.25) is 0 Å². The van der Waals surface area contributed by atoms with E-state index in [1.54, 1.807) is 6.07 Å². The Morgan fingerprint density at radius 2 is 2.07 bits per heavy atom. The van der Waals surface area contributed by atoms with E-state index in [0.717, 1.165) is 18.4 Å². The highest BCUT2D eigenvalue weighted by Crippen LogP contribution is 2.47. The Hall–Kier alpha value is -0.760. The molecule has 3 heteroatoms. The van der Waals surface area contributed by atoms with Gasteiger partial charge in [0.05, 0.1) is 5.02 Å². The molecular weight excluding hydrogens is 213 g/mol. The molecule has 1 aromatic rings. The first-order valence-corrected chi connectivity index (χ1v) is 5.67. The molecule has 0 amide bonds. The van der Waals surface area contributed by atoms with Gasteiger partial charge < -0.3 is 5.73 Å². The van der Waals surface area contributed by atoms with Crippen LogP contribution in [-0.2, 0) is 0 Å². The smallest absolute Gasteiger partial charge is 0.147 e. The van der Waals surface area contributed by atoms with Crippen molar-refractivity contribution >= 4 is 17.3 Å². The van der Waals surface area contributed by atoms with Crippen LogP contribution in [0.1, 0.15) is 49.7 Å². The maximum Gasteiger partial charge on any atom is 0.147 e. The maximum atomic E-state index is 13.8. The number of nitrogen functional groups attached to an aromatic ring is 1. The van der Waals surface area contributed by atoms with Crippen LogP contribution in [0.4, 0.5) is 10.1 Å². The van der Waals surface area contributed by atoms with Crippen LogP contribution in [0.3, 0.4) is 0 Å². The first-order chi connectivity index (χ1) is 7.02. The Kier molecular flexibility index (Phi) is 2.63. The fourth-order valence-electron chi connectivity index (χ4n) is 1.93. The van der Waals surface area contributed by atoms with Gasteiger partial charge in [-0.05, 0) is 36.3 Å².